The van der Waals surface area contributed by atoms with E-state index in [-0.39, 0.29) is 0 Å². The lowest BCUT2D eigenvalue weighted by molar-refractivity contribution is 0.0779. The second-order valence-electron chi connectivity index (χ2n) is 7.28. The predicted octanol–water partition coefficient (Wildman–Crippen LogP) is 3.75. The molecule has 0 N–H and O–H groups in total. The average Bonchev–Trinajstić information content (AvgIpc) is 2.70. The number of nitrogens with zero attached hydrogens (tertiary/aromatic N) is 3. The van der Waals surface area contributed by atoms with Crippen molar-refractivity contribution >= 4 is 0 Å². The number of piperidine rings is 1. The van der Waals surface area contributed by atoms with E-state index >= 15 is 0 Å². The fourth-order valence-electron chi connectivity index (χ4n) is 4.02. The van der Waals surface area contributed by atoms with E-state index in [1.807, 2.05) is 6.20 Å². The number of rotatable bonds is 4. The molecule has 25 heavy (non-hydrogen) atoms. The van der Waals surface area contributed by atoms with Crippen molar-refractivity contribution in [3.05, 3.63) is 59.7 Å². The minimum absolute atomic E-state index is 0.373. The van der Waals surface area contributed by atoms with Crippen LogP contribution in [-0.4, -0.2) is 41.2 Å². The first-order chi connectivity index (χ1) is 12.4. The largest absolute Gasteiger partial charge is 0.381 e. The van der Waals surface area contributed by atoms with Crippen LogP contribution in [0.25, 0.3) is 0 Å². The van der Waals surface area contributed by atoms with Crippen LogP contribution in [0.4, 0.5) is 0 Å². The zero-order valence-electron chi connectivity index (χ0n) is 14.8. The van der Waals surface area contributed by atoms with Gasteiger partial charge in [-0.25, -0.2) is 9.97 Å². The maximum Gasteiger partial charge on any atom is 0.133 e. The lowest BCUT2D eigenvalue weighted by Gasteiger charge is -2.32. The van der Waals surface area contributed by atoms with Gasteiger partial charge in [-0.2, -0.15) is 0 Å². The Kier molecular flexibility index (Phi) is 5.38. The number of likely N-dealkylation sites (tertiary alicyclic amines) is 1. The van der Waals surface area contributed by atoms with Crippen LogP contribution in [0.5, 0.6) is 0 Å². The molecule has 1 aromatic carbocycles. The van der Waals surface area contributed by atoms with Crippen molar-refractivity contribution in [1.82, 2.24) is 14.9 Å². The van der Waals surface area contributed by atoms with Gasteiger partial charge in [0.15, 0.2) is 0 Å². The van der Waals surface area contributed by atoms with E-state index in [9.17, 15) is 0 Å². The molecule has 2 fully saturated rings. The zero-order valence-corrected chi connectivity index (χ0v) is 14.8. The molecule has 4 nitrogen and oxygen atoms in total. The molecule has 2 saturated heterocycles. The zero-order chi connectivity index (χ0) is 16.9. The monoisotopic (exact) mass is 337 g/mol. The predicted molar refractivity (Wildman–Crippen MR) is 98.5 cm³/mol. The summed E-state index contributed by atoms with van der Waals surface area (Å²) >= 11 is 0. The lowest BCUT2D eigenvalue weighted by Crippen LogP contribution is -2.33. The summed E-state index contributed by atoms with van der Waals surface area (Å²) in [5.74, 6) is 2.05. The summed E-state index contributed by atoms with van der Waals surface area (Å²) in [5, 5.41) is 0. The molecule has 0 spiro atoms. The van der Waals surface area contributed by atoms with Crippen molar-refractivity contribution in [3.8, 4) is 0 Å². The summed E-state index contributed by atoms with van der Waals surface area (Å²) in [7, 11) is 0. The van der Waals surface area contributed by atoms with Crippen LogP contribution >= 0.6 is 0 Å². The van der Waals surface area contributed by atoms with E-state index in [2.05, 4.69) is 46.3 Å². The summed E-state index contributed by atoms with van der Waals surface area (Å²) in [5.41, 5.74) is 2.64. The summed E-state index contributed by atoms with van der Waals surface area (Å²) in [6, 6.07) is 13.0. The number of hydrogen-bond acceptors (Lipinski definition) is 4. The normalized spacial score (nSPS) is 22.8. The molecule has 1 unspecified atom stereocenters. The standard InChI is InChI=1S/C21H27N3O/c1-2-5-17(6-3-1)18-9-12-24(13-10-18)15-20-8-11-22-21(23-20)19-7-4-14-25-16-19/h1-3,5-6,8,11,18-19H,4,7,9-10,12-16H2. The second kappa shape index (κ2) is 8.07. The summed E-state index contributed by atoms with van der Waals surface area (Å²) in [6.45, 7) is 4.87. The molecule has 0 aliphatic carbocycles. The van der Waals surface area contributed by atoms with Crippen LogP contribution in [0, 0.1) is 0 Å². The van der Waals surface area contributed by atoms with Crippen molar-refractivity contribution in [2.75, 3.05) is 26.3 Å². The second-order valence-corrected chi connectivity index (χ2v) is 7.28. The van der Waals surface area contributed by atoms with E-state index in [1.165, 1.54) is 18.4 Å². The van der Waals surface area contributed by atoms with Gasteiger partial charge in [0.25, 0.3) is 0 Å². The fourth-order valence-corrected chi connectivity index (χ4v) is 4.02. The van der Waals surface area contributed by atoms with E-state index in [0.29, 0.717) is 11.8 Å². The highest BCUT2D eigenvalue weighted by Gasteiger charge is 2.22. The van der Waals surface area contributed by atoms with Gasteiger partial charge in [0.2, 0.25) is 0 Å². The molecule has 0 radical (unpaired) electrons. The molecule has 2 aromatic rings. The third-order valence-corrected chi connectivity index (χ3v) is 5.50. The highest BCUT2D eigenvalue weighted by atomic mass is 16.5. The van der Waals surface area contributed by atoms with Crippen LogP contribution in [0.2, 0.25) is 0 Å². The number of benzene rings is 1. The summed E-state index contributed by atoms with van der Waals surface area (Å²) in [4.78, 5) is 11.9. The molecular weight excluding hydrogens is 310 g/mol. The molecule has 0 amide bonds. The van der Waals surface area contributed by atoms with Gasteiger partial charge in [0, 0.05) is 25.3 Å². The van der Waals surface area contributed by atoms with Gasteiger partial charge in [-0.1, -0.05) is 30.3 Å². The van der Waals surface area contributed by atoms with Crippen LogP contribution in [-0.2, 0) is 11.3 Å². The highest BCUT2D eigenvalue weighted by Crippen LogP contribution is 2.28. The van der Waals surface area contributed by atoms with Crippen molar-refractivity contribution in [2.24, 2.45) is 0 Å². The minimum Gasteiger partial charge on any atom is -0.381 e. The van der Waals surface area contributed by atoms with Gasteiger partial charge in [0.1, 0.15) is 5.82 Å². The maximum atomic E-state index is 5.59. The van der Waals surface area contributed by atoms with Crippen molar-refractivity contribution in [1.29, 1.82) is 0 Å². The smallest absolute Gasteiger partial charge is 0.133 e. The molecular formula is C21H27N3O. The first-order valence-electron chi connectivity index (χ1n) is 9.55. The Morgan fingerprint density at radius 2 is 1.84 bits per heavy atom. The van der Waals surface area contributed by atoms with Crippen LogP contribution in [0.3, 0.4) is 0 Å². The number of hydrogen-bond donors (Lipinski definition) is 0. The number of ether oxygens (including phenoxy) is 1. The Morgan fingerprint density at radius 3 is 2.60 bits per heavy atom. The molecule has 4 rings (SSSR count). The van der Waals surface area contributed by atoms with Crippen LogP contribution < -0.4 is 0 Å². The molecule has 1 aromatic heterocycles. The van der Waals surface area contributed by atoms with E-state index in [0.717, 1.165) is 57.2 Å². The summed E-state index contributed by atoms with van der Waals surface area (Å²) in [6.07, 6.45) is 6.65. The van der Waals surface area contributed by atoms with Gasteiger partial charge in [-0.3, -0.25) is 4.90 Å². The summed E-state index contributed by atoms with van der Waals surface area (Å²) < 4.78 is 5.59. The molecule has 2 aliphatic heterocycles. The minimum atomic E-state index is 0.373. The molecule has 3 heterocycles. The lowest BCUT2D eigenvalue weighted by atomic mass is 9.89. The molecule has 0 bridgehead atoms. The number of aromatic nitrogens is 2. The van der Waals surface area contributed by atoms with Crippen molar-refractivity contribution in [3.63, 3.8) is 0 Å². The van der Waals surface area contributed by atoms with Gasteiger partial charge in [0.05, 0.1) is 12.3 Å². The molecule has 132 valence electrons. The highest BCUT2D eigenvalue weighted by molar-refractivity contribution is 5.20. The van der Waals surface area contributed by atoms with Crippen LogP contribution in [0.1, 0.15) is 54.6 Å². The van der Waals surface area contributed by atoms with Crippen LogP contribution in [0.15, 0.2) is 42.6 Å². The van der Waals surface area contributed by atoms with E-state index < -0.39 is 0 Å². The maximum absolute atomic E-state index is 5.59. The average molecular weight is 337 g/mol. The quantitative estimate of drug-likeness (QED) is 0.852. The van der Waals surface area contributed by atoms with Gasteiger partial charge < -0.3 is 4.74 Å². The Hall–Kier alpha value is -1.78. The van der Waals surface area contributed by atoms with Gasteiger partial charge >= 0.3 is 0 Å². The Labute approximate surface area is 150 Å². The Bertz CT molecular complexity index is 662. The Balaban J connectivity index is 1.34. The first kappa shape index (κ1) is 16.7. The van der Waals surface area contributed by atoms with Gasteiger partial charge in [-0.15, -0.1) is 0 Å². The Morgan fingerprint density at radius 1 is 1.00 bits per heavy atom. The third kappa shape index (κ3) is 4.25. The molecule has 4 heteroatoms. The molecule has 1 atom stereocenters. The first-order valence-corrected chi connectivity index (χ1v) is 9.55. The van der Waals surface area contributed by atoms with E-state index in [1.54, 1.807) is 0 Å². The van der Waals surface area contributed by atoms with Crippen molar-refractivity contribution < 1.29 is 4.74 Å². The SMILES string of the molecule is c1ccc(C2CCN(Cc3ccnc(C4CCCOC4)n3)CC2)cc1. The third-order valence-electron chi connectivity index (χ3n) is 5.50. The topological polar surface area (TPSA) is 38.2 Å². The molecule has 2 aliphatic rings. The van der Waals surface area contributed by atoms with Crippen molar-refractivity contribution in [2.45, 2.75) is 44.1 Å². The van der Waals surface area contributed by atoms with E-state index in [4.69, 9.17) is 9.72 Å². The fraction of sp³-hybridized carbons (Fsp3) is 0.524. The van der Waals surface area contributed by atoms with Gasteiger partial charge in [-0.05, 0) is 56.3 Å². The molecule has 0 saturated carbocycles.